The first kappa shape index (κ1) is 12.1. The van der Waals surface area contributed by atoms with Crippen molar-refractivity contribution >= 4 is 34.3 Å². The second-order valence-electron chi connectivity index (χ2n) is 4.09. The molecule has 0 saturated carbocycles. The molecule has 2 rings (SSSR count). The van der Waals surface area contributed by atoms with Gasteiger partial charge in [0, 0.05) is 4.90 Å². The summed E-state index contributed by atoms with van der Waals surface area (Å²) in [5.74, 6) is 1.20. The van der Waals surface area contributed by atoms with E-state index in [1.165, 1.54) is 38.9 Å². The van der Waals surface area contributed by atoms with Crippen LogP contribution in [0.3, 0.4) is 0 Å². The number of nitrogens with zero attached hydrogens (tertiary/aromatic N) is 1. The lowest BCUT2D eigenvalue weighted by Gasteiger charge is -2.15. The van der Waals surface area contributed by atoms with Gasteiger partial charge in [-0.05, 0) is 55.9 Å². The highest BCUT2D eigenvalue weighted by molar-refractivity contribution is 8.13. The van der Waals surface area contributed by atoms with Crippen molar-refractivity contribution < 1.29 is 0 Å². The van der Waals surface area contributed by atoms with E-state index in [0.717, 1.165) is 6.42 Å². The van der Waals surface area contributed by atoms with Gasteiger partial charge in [0.1, 0.15) is 0 Å². The molecule has 0 N–H and O–H groups in total. The minimum absolute atomic E-state index is 1.13. The van der Waals surface area contributed by atoms with E-state index in [0.29, 0.717) is 0 Å². The van der Waals surface area contributed by atoms with E-state index in [9.17, 15) is 0 Å². The van der Waals surface area contributed by atoms with Gasteiger partial charge in [-0.25, -0.2) is 4.99 Å². The van der Waals surface area contributed by atoms with Crippen LogP contribution in [0.5, 0.6) is 0 Å². The molecule has 0 fully saturated rings. The molecule has 1 aliphatic rings. The molecule has 0 saturated heterocycles. The van der Waals surface area contributed by atoms with E-state index in [2.05, 4.69) is 32.2 Å². The van der Waals surface area contributed by atoms with Crippen molar-refractivity contribution in [2.75, 3.05) is 12.0 Å². The third-order valence-electron chi connectivity index (χ3n) is 2.66. The van der Waals surface area contributed by atoms with E-state index in [4.69, 9.17) is 4.99 Å². The quantitative estimate of drug-likeness (QED) is 0.669. The topological polar surface area (TPSA) is 12.4 Å². The molecule has 1 aromatic rings. The Bertz CT molecular complexity index is 424. The lowest BCUT2D eigenvalue weighted by atomic mass is 10.1. The molecular formula is C13H17NS2. The van der Waals surface area contributed by atoms with Crippen molar-refractivity contribution in [3.05, 3.63) is 23.3 Å². The molecule has 0 aliphatic carbocycles. The van der Waals surface area contributed by atoms with Crippen molar-refractivity contribution in [3.8, 4) is 0 Å². The van der Waals surface area contributed by atoms with Crippen molar-refractivity contribution in [3.63, 3.8) is 0 Å². The minimum Gasteiger partial charge on any atom is -0.245 e. The highest BCUT2D eigenvalue weighted by Gasteiger charge is 2.11. The van der Waals surface area contributed by atoms with E-state index < -0.39 is 0 Å². The first-order valence-electron chi connectivity index (χ1n) is 5.56. The SMILES string of the molecule is CS/C1=N/c2cc(C)cc(C)c2SCCC1. The van der Waals surface area contributed by atoms with Gasteiger partial charge in [0.15, 0.2) is 0 Å². The smallest absolute Gasteiger partial charge is 0.0780 e. The normalized spacial score (nSPS) is 19.3. The van der Waals surface area contributed by atoms with Crippen LogP contribution in [-0.4, -0.2) is 17.1 Å². The summed E-state index contributed by atoms with van der Waals surface area (Å²) in [6.45, 7) is 4.33. The van der Waals surface area contributed by atoms with Crippen LogP contribution >= 0.6 is 23.5 Å². The van der Waals surface area contributed by atoms with Gasteiger partial charge in [0.05, 0.1) is 10.7 Å². The maximum Gasteiger partial charge on any atom is 0.0780 e. The minimum atomic E-state index is 1.13. The maximum absolute atomic E-state index is 4.80. The summed E-state index contributed by atoms with van der Waals surface area (Å²) in [5, 5.41) is 1.27. The lowest BCUT2D eigenvalue weighted by molar-refractivity contribution is 1.01. The Balaban J connectivity index is 2.51. The van der Waals surface area contributed by atoms with E-state index in [1.54, 1.807) is 11.8 Å². The molecule has 16 heavy (non-hydrogen) atoms. The van der Waals surface area contributed by atoms with E-state index in [-0.39, 0.29) is 0 Å². The summed E-state index contributed by atoms with van der Waals surface area (Å²) >= 11 is 3.74. The van der Waals surface area contributed by atoms with Crippen molar-refractivity contribution in [1.82, 2.24) is 0 Å². The van der Waals surface area contributed by atoms with E-state index >= 15 is 0 Å². The summed E-state index contributed by atoms with van der Waals surface area (Å²) in [4.78, 5) is 6.17. The second kappa shape index (κ2) is 5.28. The van der Waals surface area contributed by atoms with Crippen LogP contribution < -0.4 is 0 Å². The lowest BCUT2D eigenvalue weighted by Crippen LogP contribution is -1.97. The largest absolute Gasteiger partial charge is 0.245 e. The fourth-order valence-corrected chi connectivity index (χ4v) is 3.51. The predicted molar refractivity (Wildman–Crippen MR) is 76.5 cm³/mol. The first-order chi connectivity index (χ1) is 7.70. The first-order valence-corrected chi connectivity index (χ1v) is 7.77. The zero-order valence-electron chi connectivity index (χ0n) is 10.0. The van der Waals surface area contributed by atoms with Gasteiger partial charge in [-0.2, -0.15) is 0 Å². The van der Waals surface area contributed by atoms with Crippen LogP contribution in [0.4, 0.5) is 5.69 Å². The average molecular weight is 251 g/mol. The summed E-state index contributed by atoms with van der Waals surface area (Å²) in [6.07, 6.45) is 4.48. The van der Waals surface area contributed by atoms with Crippen LogP contribution in [0.25, 0.3) is 0 Å². The van der Waals surface area contributed by atoms with Crippen molar-refractivity contribution in [2.45, 2.75) is 31.6 Å². The zero-order chi connectivity index (χ0) is 11.5. The number of thioether (sulfide) groups is 2. The molecule has 1 aliphatic heterocycles. The molecule has 0 bridgehead atoms. The summed E-state index contributed by atoms with van der Waals surface area (Å²) in [7, 11) is 0. The highest BCUT2D eigenvalue weighted by atomic mass is 32.2. The molecule has 0 atom stereocenters. The summed E-state index contributed by atoms with van der Waals surface area (Å²) < 4.78 is 0. The molecule has 1 nitrogen and oxygen atoms in total. The van der Waals surface area contributed by atoms with Gasteiger partial charge in [-0.1, -0.05) is 6.07 Å². The Hall–Kier alpha value is -0.410. The molecule has 1 heterocycles. The monoisotopic (exact) mass is 251 g/mol. The second-order valence-corrected chi connectivity index (χ2v) is 6.08. The standard InChI is InChI=1S/C13H17NS2/c1-9-7-10(2)13-11(8-9)14-12(15-3)5-4-6-16-13/h7-8H,4-6H2,1-3H3/b14-12+. The van der Waals surface area contributed by atoms with Crippen molar-refractivity contribution in [1.29, 1.82) is 0 Å². The molecule has 0 aromatic heterocycles. The number of fused-ring (bicyclic) bond motifs is 1. The molecule has 0 spiro atoms. The van der Waals surface area contributed by atoms with Gasteiger partial charge >= 0.3 is 0 Å². The van der Waals surface area contributed by atoms with Crippen LogP contribution in [-0.2, 0) is 0 Å². The predicted octanol–water partition coefficient (Wildman–Crippen LogP) is 4.58. The highest BCUT2D eigenvalue weighted by Crippen LogP contribution is 2.37. The van der Waals surface area contributed by atoms with Crippen LogP contribution in [0.15, 0.2) is 22.0 Å². The number of hydrogen-bond donors (Lipinski definition) is 0. The zero-order valence-corrected chi connectivity index (χ0v) is 11.7. The fourth-order valence-electron chi connectivity index (χ4n) is 1.94. The van der Waals surface area contributed by atoms with Gasteiger partial charge in [0.25, 0.3) is 0 Å². The third-order valence-corrected chi connectivity index (χ3v) is 4.74. The number of rotatable bonds is 0. The van der Waals surface area contributed by atoms with Crippen LogP contribution in [0.1, 0.15) is 24.0 Å². The number of hydrogen-bond acceptors (Lipinski definition) is 3. The maximum atomic E-state index is 4.80. The van der Waals surface area contributed by atoms with Crippen molar-refractivity contribution in [2.24, 2.45) is 4.99 Å². The Labute approximate surface area is 106 Å². The molecule has 1 aromatic carbocycles. The number of aliphatic imine (C=N–C) groups is 1. The number of aryl methyl sites for hydroxylation is 2. The molecule has 0 unspecified atom stereocenters. The Morgan fingerprint density at radius 3 is 2.88 bits per heavy atom. The number of benzene rings is 1. The Morgan fingerprint density at radius 2 is 2.12 bits per heavy atom. The molecule has 86 valence electrons. The molecule has 3 heteroatoms. The summed E-state index contributed by atoms with van der Waals surface area (Å²) in [5.41, 5.74) is 3.85. The Morgan fingerprint density at radius 1 is 1.31 bits per heavy atom. The average Bonchev–Trinajstić information content (AvgIpc) is 2.20. The van der Waals surface area contributed by atoms with E-state index in [1.807, 2.05) is 11.8 Å². The van der Waals surface area contributed by atoms with Gasteiger partial charge in [-0.15, -0.1) is 23.5 Å². The third kappa shape index (κ3) is 2.64. The molecular weight excluding hydrogens is 234 g/mol. The summed E-state index contributed by atoms with van der Waals surface area (Å²) in [6, 6.07) is 4.46. The molecule has 0 radical (unpaired) electrons. The molecule has 0 amide bonds. The fraction of sp³-hybridized carbons (Fsp3) is 0.462. The van der Waals surface area contributed by atoms with Crippen LogP contribution in [0, 0.1) is 13.8 Å². The Kier molecular flexibility index (Phi) is 3.98. The van der Waals surface area contributed by atoms with Gasteiger partial charge < -0.3 is 0 Å². The van der Waals surface area contributed by atoms with Crippen LogP contribution in [0.2, 0.25) is 0 Å². The van der Waals surface area contributed by atoms with Gasteiger partial charge in [-0.3, -0.25) is 0 Å². The van der Waals surface area contributed by atoms with Gasteiger partial charge in [0.2, 0.25) is 0 Å².